The average molecular weight is 408 g/mol. The Balaban J connectivity index is 1.58. The number of aryl methyl sites for hydroxylation is 1. The third kappa shape index (κ3) is 3.88. The second-order valence-corrected chi connectivity index (χ2v) is 6.87. The number of H-pyrrole nitrogens is 1. The topological polar surface area (TPSA) is 114 Å². The van der Waals surface area contributed by atoms with Gasteiger partial charge in [-0.3, -0.25) is 0 Å². The zero-order valence-electron chi connectivity index (χ0n) is 15.7. The van der Waals surface area contributed by atoms with E-state index in [1.807, 2.05) is 35.0 Å². The maximum atomic E-state index is 9.39. The molecule has 10 heteroatoms. The molecule has 1 N–H and O–H groups in total. The summed E-state index contributed by atoms with van der Waals surface area (Å²) in [6, 6.07) is 11.8. The molecular formula is C19H18ClN9. The van der Waals surface area contributed by atoms with Crippen LogP contribution >= 0.6 is 11.6 Å². The number of halogens is 1. The molecule has 0 fully saturated rings. The van der Waals surface area contributed by atoms with Gasteiger partial charge in [0.1, 0.15) is 11.8 Å². The summed E-state index contributed by atoms with van der Waals surface area (Å²) in [6.07, 6.45) is 4.78. The minimum atomic E-state index is 0.393. The van der Waals surface area contributed by atoms with Crippen LogP contribution in [0.1, 0.15) is 36.7 Å². The lowest BCUT2D eigenvalue weighted by Crippen LogP contribution is -2.03. The predicted octanol–water partition coefficient (Wildman–Crippen LogP) is 3.16. The van der Waals surface area contributed by atoms with Gasteiger partial charge in [-0.25, -0.2) is 14.8 Å². The van der Waals surface area contributed by atoms with Gasteiger partial charge in [-0.1, -0.05) is 25.5 Å². The highest BCUT2D eigenvalue weighted by molar-refractivity contribution is 6.28. The molecule has 9 nitrogen and oxygen atoms in total. The molecule has 0 amide bonds. The molecule has 0 aliphatic rings. The first-order chi connectivity index (χ1) is 14.2. The molecule has 3 aromatic heterocycles. The zero-order chi connectivity index (χ0) is 20.2. The van der Waals surface area contributed by atoms with Gasteiger partial charge in [0, 0.05) is 18.3 Å². The fraction of sp³-hybridized carbons (Fsp3) is 0.263. The average Bonchev–Trinajstić information content (AvgIpc) is 3.47. The Labute approximate surface area is 172 Å². The molecule has 146 valence electrons. The van der Waals surface area contributed by atoms with Gasteiger partial charge in [-0.2, -0.15) is 10.4 Å². The van der Waals surface area contributed by atoms with Crippen LogP contribution in [0, 0.1) is 11.3 Å². The van der Waals surface area contributed by atoms with Crippen LogP contribution in [0.15, 0.2) is 36.5 Å². The van der Waals surface area contributed by atoms with Crippen molar-refractivity contribution in [2.75, 3.05) is 0 Å². The highest BCUT2D eigenvalue weighted by Gasteiger charge is 2.16. The highest BCUT2D eigenvalue weighted by Crippen LogP contribution is 2.25. The van der Waals surface area contributed by atoms with Crippen molar-refractivity contribution in [3.63, 3.8) is 0 Å². The van der Waals surface area contributed by atoms with Crippen LogP contribution < -0.4 is 0 Å². The van der Waals surface area contributed by atoms with E-state index in [2.05, 4.69) is 43.7 Å². The molecule has 0 radical (unpaired) electrons. The molecule has 1 aromatic carbocycles. The first-order valence-corrected chi connectivity index (χ1v) is 9.61. The first kappa shape index (κ1) is 18.8. The number of hydrogen-bond acceptors (Lipinski definition) is 6. The number of rotatable bonds is 7. The van der Waals surface area contributed by atoms with Crippen LogP contribution in [0.5, 0.6) is 0 Å². The molecule has 0 bridgehead atoms. The molecule has 0 atom stereocenters. The summed E-state index contributed by atoms with van der Waals surface area (Å²) in [5, 5.41) is 28.1. The molecule has 4 aromatic rings. The SMILES string of the molecule is CCCCc1nc(Cl)n(Cc2ccc(-n3ccc(C#N)c3-c3nnn[nH]3)cc2)n1. The molecule has 0 spiro atoms. The van der Waals surface area contributed by atoms with E-state index in [-0.39, 0.29) is 0 Å². The van der Waals surface area contributed by atoms with E-state index >= 15 is 0 Å². The molecule has 4 rings (SSSR count). The van der Waals surface area contributed by atoms with Crippen LogP contribution in [0.4, 0.5) is 0 Å². The fourth-order valence-corrected chi connectivity index (χ4v) is 3.28. The number of aromatic nitrogens is 8. The van der Waals surface area contributed by atoms with Gasteiger partial charge in [0.25, 0.3) is 0 Å². The number of benzene rings is 1. The predicted molar refractivity (Wildman–Crippen MR) is 106 cm³/mol. The van der Waals surface area contributed by atoms with Crippen molar-refractivity contribution in [1.82, 2.24) is 40.0 Å². The monoisotopic (exact) mass is 407 g/mol. The molecule has 29 heavy (non-hydrogen) atoms. The van der Waals surface area contributed by atoms with Crippen molar-refractivity contribution in [2.45, 2.75) is 32.7 Å². The second kappa shape index (κ2) is 8.24. The summed E-state index contributed by atoms with van der Waals surface area (Å²) < 4.78 is 3.58. The summed E-state index contributed by atoms with van der Waals surface area (Å²) in [5.74, 6) is 1.21. The zero-order valence-corrected chi connectivity index (χ0v) is 16.5. The maximum Gasteiger partial charge on any atom is 0.221 e. The Morgan fingerprint density at radius 2 is 2.03 bits per heavy atom. The minimum Gasteiger partial charge on any atom is -0.313 e. The third-order valence-corrected chi connectivity index (χ3v) is 4.83. The number of nitrogens with zero attached hydrogens (tertiary/aromatic N) is 8. The van der Waals surface area contributed by atoms with E-state index in [4.69, 9.17) is 11.6 Å². The minimum absolute atomic E-state index is 0.393. The number of nitriles is 1. The summed E-state index contributed by atoms with van der Waals surface area (Å²) in [7, 11) is 0. The summed E-state index contributed by atoms with van der Waals surface area (Å²) in [4.78, 5) is 4.32. The molecule has 3 heterocycles. The van der Waals surface area contributed by atoms with Crippen LogP contribution in [-0.2, 0) is 13.0 Å². The van der Waals surface area contributed by atoms with Gasteiger partial charge >= 0.3 is 0 Å². The molecule has 0 saturated carbocycles. The molecule has 0 aliphatic carbocycles. The summed E-state index contributed by atoms with van der Waals surface area (Å²) in [6.45, 7) is 2.67. The number of unbranched alkanes of at least 4 members (excludes halogenated alkanes) is 1. The van der Waals surface area contributed by atoms with Crippen molar-refractivity contribution in [3.05, 3.63) is 58.8 Å². The number of hydrogen-bond donors (Lipinski definition) is 1. The molecule has 0 saturated heterocycles. The van der Waals surface area contributed by atoms with Gasteiger partial charge in [0.15, 0.2) is 11.6 Å². The Kier molecular flexibility index (Phi) is 5.35. The number of nitrogens with one attached hydrogen (secondary N) is 1. The van der Waals surface area contributed by atoms with E-state index in [9.17, 15) is 5.26 Å². The molecular weight excluding hydrogens is 390 g/mol. The lowest BCUT2D eigenvalue weighted by atomic mass is 10.2. The molecule has 0 unspecified atom stereocenters. The third-order valence-electron chi connectivity index (χ3n) is 4.55. The standard InChI is InChI=1S/C19H18ClN9/c1-2-3-4-16-22-19(20)29(25-16)12-13-5-7-15(8-6-13)28-10-9-14(11-21)17(28)18-23-26-27-24-18/h5-10H,2-4,12H2,1H3,(H,23,24,26,27). The smallest absolute Gasteiger partial charge is 0.221 e. The Morgan fingerprint density at radius 3 is 2.72 bits per heavy atom. The van der Waals surface area contributed by atoms with Crippen molar-refractivity contribution in [1.29, 1.82) is 5.26 Å². The fourth-order valence-electron chi connectivity index (χ4n) is 3.08. The van der Waals surface area contributed by atoms with E-state index < -0.39 is 0 Å². The largest absolute Gasteiger partial charge is 0.313 e. The van der Waals surface area contributed by atoms with Crippen molar-refractivity contribution in [2.24, 2.45) is 0 Å². The second-order valence-electron chi connectivity index (χ2n) is 6.53. The highest BCUT2D eigenvalue weighted by atomic mass is 35.5. The van der Waals surface area contributed by atoms with Gasteiger partial charge in [0.05, 0.1) is 12.1 Å². The van der Waals surface area contributed by atoms with Gasteiger partial charge in [-0.15, -0.1) is 5.10 Å². The Hall–Kier alpha value is -3.51. The van der Waals surface area contributed by atoms with Crippen molar-refractivity contribution < 1.29 is 0 Å². The van der Waals surface area contributed by atoms with Crippen LogP contribution in [0.2, 0.25) is 5.28 Å². The summed E-state index contributed by atoms with van der Waals surface area (Å²) >= 11 is 6.23. The van der Waals surface area contributed by atoms with Gasteiger partial charge in [-0.05, 0) is 52.2 Å². The van der Waals surface area contributed by atoms with E-state index in [0.717, 1.165) is 36.3 Å². The first-order valence-electron chi connectivity index (χ1n) is 9.23. The van der Waals surface area contributed by atoms with Gasteiger partial charge in [0.2, 0.25) is 5.28 Å². The number of aromatic amines is 1. The summed E-state index contributed by atoms with van der Waals surface area (Å²) in [5.41, 5.74) is 3.03. The quantitative estimate of drug-likeness (QED) is 0.503. The van der Waals surface area contributed by atoms with Crippen molar-refractivity contribution in [3.8, 4) is 23.3 Å². The van der Waals surface area contributed by atoms with E-state index in [1.54, 1.807) is 10.7 Å². The lowest BCUT2D eigenvalue weighted by molar-refractivity contribution is 0.661. The molecule has 0 aliphatic heterocycles. The van der Waals surface area contributed by atoms with E-state index in [0.29, 0.717) is 28.9 Å². The van der Waals surface area contributed by atoms with Crippen LogP contribution in [-0.4, -0.2) is 40.0 Å². The van der Waals surface area contributed by atoms with Gasteiger partial charge < -0.3 is 4.57 Å². The van der Waals surface area contributed by atoms with Crippen LogP contribution in [0.25, 0.3) is 17.2 Å². The number of tetrazole rings is 1. The normalized spacial score (nSPS) is 10.9. The Bertz CT molecular complexity index is 1130. The Morgan fingerprint density at radius 1 is 1.21 bits per heavy atom. The van der Waals surface area contributed by atoms with Crippen molar-refractivity contribution >= 4 is 11.6 Å². The van der Waals surface area contributed by atoms with E-state index in [1.165, 1.54) is 0 Å². The van der Waals surface area contributed by atoms with Crippen LogP contribution in [0.3, 0.4) is 0 Å². The maximum absolute atomic E-state index is 9.39. The lowest BCUT2D eigenvalue weighted by Gasteiger charge is -2.09.